The Labute approximate surface area is 347 Å². The largest absolute Gasteiger partial charge is 0.311 e. The molecule has 298 valence electrons. The minimum Gasteiger partial charge on any atom is -0.311 e. The first-order valence-electron chi connectivity index (χ1n) is 21.5. The molecule has 0 atom stereocenters. The van der Waals surface area contributed by atoms with Gasteiger partial charge >= 0.3 is 0 Å². The van der Waals surface area contributed by atoms with Gasteiger partial charge < -0.3 is 9.80 Å². The quantitative estimate of drug-likeness (QED) is 0.156. The first-order valence-corrected chi connectivity index (χ1v) is 21.5. The number of fused-ring (bicyclic) bond motifs is 4. The fraction of sp³-hybridized carbons (Fsp3) is 0.444. The molecule has 7 rings (SSSR count). The Morgan fingerprint density at radius 3 is 1.18 bits per heavy atom. The van der Waals surface area contributed by atoms with E-state index in [0.717, 1.165) is 12.8 Å². The molecule has 0 saturated carbocycles. The van der Waals surface area contributed by atoms with E-state index < -0.39 is 0 Å². The maximum Gasteiger partial charge on any atom is 0.252 e. The third-order valence-corrected chi connectivity index (χ3v) is 12.5. The predicted molar refractivity (Wildman–Crippen MR) is 252 cm³/mol. The van der Waals surface area contributed by atoms with Gasteiger partial charge in [0.05, 0.1) is 0 Å². The summed E-state index contributed by atoms with van der Waals surface area (Å²) >= 11 is 0. The lowest BCUT2D eigenvalue weighted by Crippen LogP contribution is -2.61. The highest BCUT2D eigenvalue weighted by Gasteiger charge is 2.44. The minimum absolute atomic E-state index is 0.00375. The number of hydrogen-bond acceptors (Lipinski definition) is 2. The Morgan fingerprint density at radius 2 is 0.754 bits per heavy atom. The van der Waals surface area contributed by atoms with Crippen LogP contribution in [-0.4, -0.2) is 6.71 Å². The summed E-state index contributed by atoms with van der Waals surface area (Å²) in [4.78, 5) is 5.10. The van der Waals surface area contributed by atoms with Crippen LogP contribution < -0.4 is 26.2 Å². The second-order valence-electron chi connectivity index (χ2n) is 23.2. The summed E-state index contributed by atoms with van der Waals surface area (Å²) in [6, 6.07) is 40.6. The molecular formula is C54H69BN2. The zero-order chi connectivity index (χ0) is 41.7. The average Bonchev–Trinajstić information content (AvgIpc) is 3.08. The summed E-state index contributed by atoms with van der Waals surface area (Å²) in [6.07, 6.45) is 2.22. The summed E-state index contributed by atoms with van der Waals surface area (Å²) in [5, 5.41) is 0. The van der Waals surface area contributed by atoms with E-state index in [1.165, 1.54) is 72.8 Å². The van der Waals surface area contributed by atoms with Crippen LogP contribution in [0.15, 0.2) is 103 Å². The first kappa shape index (κ1) is 40.9. The van der Waals surface area contributed by atoms with Crippen LogP contribution in [0.5, 0.6) is 0 Å². The molecule has 0 aromatic heterocycles. The normalized spacial score (nSPS) is 14.7. The van der Waals surface area contributed by atoms with Crippen molar-refractivity contribution in [2.24, 2.45) is 10.8 Å². The third kappa shape index (κ3) is 7.85. The zero-order valence-corrected chi connectivity index (χ0v) is 38.2. The minimum atomic E-state index is 0.00375. The molecule has 0 spiro atoms. The molecule has 5 aromatic carbocycles. The van der Waals surface area contributed by atoms with Gasteiger partial charge in [-0.25, -0.2) is 0 Å². The molecule has 2 nitrogen and oxygen atoms in total. The second-order valence-corrected chi connectivity index (χ2v) is 23.2. The van der Waals surface area contributed by atoms with Crippen LogP contribution in [0, 0.1) is 10.8 Å². The van der Waals surface area contributed by atoms with Crippen molar-refractivity contribution in [2.75, 3.05) is 9.80 Å². The molecule has 0 unspecified atom stereocenters. The molecule has 0 radical (unpaired) electrons. The van der Waals surface area contributed by atoms with E-state index in [1.807, 2.05) is 0 Å². The number of nitrogens with zero attached hydrogens (tertiary/aromatic N) is 2. The smallest absolute Gasteiger partial charge is 0.252 e. The van der Waals surface area contributed by atoms with Crippen molar-refractivity contribution in [1.82, 2.24) is 0 Å². The van der Waals surface area contributed by atoms with Gasteiger partial charge in [0.2, 0.25) is 0 Å². The molecule has 5 aromatic rings. The van der Waals surface area contributed by atoms with Crippen molar-refractivity contribution in [3.8, 4) is 0 Å². The van der Waals surface area contributed by atoms with Crippen molar-refractivity contribution in [3.63, 3.8) is 0 Å². The highest BCUT2D eigenvalue weighted by Crippen LogP contribution is 2.46. The Bertz CT molecular complexity index is 2280. The van der Waals surface area contributed by atoms with E-state index in [4.69, 9.17) is 0 Å². The van der Waals surface area contributed by atoms with Crippen molar-refractivity contribution >= 4 is 57.2 Å². The van der Waals surface area contributed by atoms with Gasteiger partial charge in [-0.15, -0.1) is 0 Å². The highest BCUT2D eigenvalue weighted by atomic mass is 15.2. The number of benzene rings is 5. The molecule has 2 heterocycles. The molecule has 0 amide bonds. The lowest BCUT2D eigenvalue weighted by atomic mass is 9.33. The van der Waals surface area contributed by atoms with Crippen molar-refractivity contribution in [3.05, 3.63) is 125 Å². The predicted octanol–water partition coefficient (Wildman–Crippen LogP) is 13.8. The topological polar surface area (TPSA) is 6.48 Å². The maximum atomic E-state index is 2.58. The highest BCUT2D eigenvalue weighted by molar-refractivity contribution is 7.00. The summed E-state index contributed by atoms with van der Waals surface area (Å²) in [5.74, 6) is 0. The second kappa shape index (κ2) is 13.7. The van der Waals surface area contributed by atoms with Gasteiger partial charge in [0.1, 0.15) is 0 Å². The van der Waals surface area contributed by atoms with Crippen LogP contribution in [0.1, 0.15) is 146 Å². The van der Waals surface area contributed by atoms with Crippen LogP contribution in [0.25, 0.3) is 0 Å². The lowest BCUT2D eigenvalue weighted by Gasteiger charge is -2.45. The maximum absolute atomic E-state index is 2.58. The van der Waals surface area contributed by atoms with E-state index >= 15 is 0 Å². The fourth-order valence-electron chi connectivity index (χ4n) is 10.4. The molecule has 2 aliphatic heterocycles. The molecule has 57 heavy (non-hydrogen) atoms. The summed E-state index contributed by atoms with van der Waals surface area (Å²) in [7, 11) is 0. The first-order chi connectivity index (χ1) is 26.3. The van der Waals surface area contributed by atoms with E-state index in [-0.39, 0.29) is 39.2 Å². The molecular weight excluding hydrogens is 687 g/mol. The van der Waals surface area contributed by atoms with E-state index in [9.17, 15) is 0 Å². The summed E-state index contributed by atoms with van der Waals surface area (Å²) < 4.78 is 0. The molecule has 0 saturated heterocycles. The number of anilines is 6. The van der Waals surface area contributed by atoms with Gasteiger partial charge in [-0.2, -0.15) is 0 Å². The van der Waals surface area contributed by atoms with Crippen molar-refractivity contribution < 1.29 is 0 Å². The van der Waals surface area contributed by atoms with Crippen LogP contribution >= 0.6 is 0 Å². The van der Waals surface area contributed by atoms with Crippen LogP contribution in [-0.2, 0) is 21.7 Å². The molecule has 0 N–H and O–H groups in total. The fourth-order valence-corrected chi connectivity index (χ4v) is 10.4. The van der Waals surface area contributed by atoms with Gasteiger partial charge in [-0.1, -0.05) is 165 Å². The zero-order valence-electron chi connectivity index (χ0n) is 38.2. The Balaban J connectivity index is 1.50. The van der Waals surface area contributed by atoms with Gasteiger partial charge in [0.25, 0.3) is 6.71 Å². The number of rotatable bonds is 6. The molecule has 3 heteroatoms. The molecule has 0 aliphatic carbocycles. The third-order valence-electron chi connectivity index (χ3n) is 12.5. The van der Waals surface area contributed by atoms with Crippen molar-refractivity contribution in [1.29, 1.82) is 0 Å². The average molecular weight is 757 g/mol. The van der Waals surface area contributed by atoms with Gasteiger partial charge in [-0.05, 0) is 133 Å². The molecule has 0 fully saturated rings. The molecule has 2 aliphatic rings. The van der Waals surface area contributed by atoms with Crippen LogP contribution in [0.3, 0.4) is 0 Å². The standard InChI is InChI=1S/C54H69BN2/c1-49(2,3)34-53(13,14)37-22-28-41(29-23-37)57-45-31-25-39(54(15,16)35-50(4,5)6)33-43(45)55-42-32-38(52(10,11)12)24-30-44(42)56(46-18-17-19-47(57)48(46)55)40-26-20-36(21-27-40)51(7,8)9/h17-33H,34-35H2,1-16H3. The van der Waals surface area contributed by atoms with Crippen molar-refractivity contribution in [2.45, 2.75) is 145 Å². The Hall–Kier alpha value is -4.24. The van der Waals surface area contributed by atoms with Gasteiger partial charge in [0.15, 0.2) is 0 Å². The lowest BCUT2D eigenvalue weighted by molar-refractivity contribution is 0.283. The summed E-state index contributed by atoms with van der Waals surface area (Å²) in [6.45, 7) is 37.8. The van der Waals surface area contributed by atoms with E-state index in [2.05, 4.69) is 224 Å². The summed E-state index contributed by atoms with van der Waals surface area (Å²) in [5.41, 5.74) is 17.7. The van der Waals surface area contributed by atoms with E-state index in [0.29, 0.717) is 0 Å². The van der Waals surface area contributed by atoms with E-state index in [1.54, 1.807) is 0 Å². The molecule has 0 bridgehead atoms. The van der Waals surface area contributed by atoms with Crippen LogP contribution in [0.4, 0.5) is 34.1 Å². The van der Waals surface area contributed by atoms with Gasteiger partial charge in [-0.3, -0.25) is 0 Å². The van der Waals surface area contributed by atoms with Crippen LogP contribution in [0.2, 0.25) is 0 Å². The monoisotopic (exact) mass is 757 g/mol. The van der Waals surface area contributed by atoms with Gasteiger partial charge in [0, 0.05) is 34.1 Å². The SMILES string of the molecule is CC(C)(C)CC(C)(C)c1ccc(N2c3ccc(C(C)(C)CC(C)(C)C)cc3B3c4cc(C(C)(C)C)ccc4N(c4ccc(C(C)(C)C)cc4)c4cccc2c43)cc1. The Kier molecular flexibility index (Phi) is 9.82. The Morgan fingerprint density at radius 1 is 0.386 bits per heavy atom. The number of hydrogen-bond donors (Lipinski definition) is 0.